The Balaban J connectivity index is 2.65. The van der Waals surface area contributed by atoms with Gasteiger partial charge in [0.05, 0.1) is 19.0 Å². The van der Waals surface area contributed by atoms with Gasteiger partial charge in [0.25, 0.3) is 0 Å². The van der Waals surface area contributed by atoms with E-state index in [4.69, 9.17) is 5.73 Å². The maximum absolute atomic E-state index is 12.4. The van der Waals surface area contributed by atoms with Gasteiger partial charge >= 0.3 is 0 Å². The van der Waals surface area contributed by atoms with Gasteiger partial charge in [-0.1, -0.05) is 0 Å². The molecular weight excluding hydrogens is 176 g/mol. The molecule has 0 aromatic carbocycles. The summed E-state index contributed by atoms with van der Waals surface area (Å²) in [5, 5.41) is 9.89. The number of alkyl halides is 2. The molecule has 1 aliphatic rings. The highest BCUT2D eigenvalue weighted by molar-refractivity contribution is 5.12. The van der Waals surface area contributed by atoms with Gasteiger partial charge in [-0.3, -0.25) is 8.78 Å². The predicted octanol–water partition coefficient (Wildman–Crippen LogP) is 1.17. The van der Waals surface area contributed by atoms with Crippen molar-refractivity contribution in [3.63, 3.8) is 0 Å². The lowest BCUT2D eigenvalue weighted by Crippen LogP contribution is -2.68. The highest BCUT2D eigenvalue weighted by Crippen LogP contribution is 2.53. The fourth-order valence-electron chi connectivity index (χ4n) is 1.87. The van der Waals surface area contributed by atoms with E-state index in [0.29, 0.717) is 0 Å². The lowest BCUT2D eigenvalue weighted by molar-refractivity contribution is -0.177. The van der Waals surface area contributed by atoms with Crippen LogP contribution in [-0.2, 0) is 0 Å². The average molecular weight is 193 g/mol. The third kappa shape index (κ3) is 1.57. The average Bonchev–Trinajstić information content (AvgIpc) is 1.96. The molecule has 13 heavy (non-hydrogen) atoms. The Hall–Kier alpha value is -0.220. The van der Waals surface area contributed by atoms with Crippen LogP contribution in [0.1, 0.15) is 26.7 Å². The van der Waals surface area contributed by atoms with E-state index in [2.05, 4.69) is 0 Å². The van der Waals surface area contributed by atoms with Crippen molar-refractivity contribution in [1.82, 2.24) is 0 Å². The van der Waals surface area contributed by atoms with Crippen LogP contribution in [0.2, 0.25) is 0 Å². The Labute approximate surface area is 77.1 Å². The van der Waals surface area contributed by atoms with E-state index in [1.165, 1.54) is 0 Å². The van der Waals surface area contributed by atoms with E-state index in [0.717, 1.165) is 0 Å². The van der Waals surface area contributed by atoms with Crippen LogP contribution >= 0.6 is 0 Å². The number of hydrogen-bond acceptors (Lipinski definition) is 2. The molecule has 1 fully saturated rings. The van der Waals surface area contributed by atoms with Crippen molar-refractivity contribution in [1.29, 1.82) is 0 Å². The van der Waals surface area contributed by atoms with E-state index in [1.807, 2.05) is 0 Å². The second-order valence-electron chi connectivity index (χ2n) is 4.87. The summed E-state index contributed by atoms with van der Waals surface area (Å²) in [5.74, 6) is 0. The van der Waals surface area contributed by atoms with E-state index in [1.54, 1.807) is 13.8 Å². The third-order valence-corrected chi connectivity index (χ3v) is 3.10. The molecular formula is C9H17F2NO. The zero-order chi connectivity index (χ0) is 10.3. The van der Waals surface area contributed by atoms with Crippen LogP contribution in [0.15, 0.2) is 0 Å². The van der Waals surface area contributed by atoms with E-state index >= 15 is 0 Å². The summed E-state index contributed by atoms with van der Waals surface area (Å²) in [4.78, 5) is 0. The first kappa shape index (κ1) is 10.9. The molecule has 4 heteroatoms. The second-order valence-corrected chi connectivity index (χ2v) is 4.87. The van der Waals surface area contributed by atoms with Gasteiger partial charge in [-0.05, 0) is 26.7 Å². The van der Waals surface area contributed by atoms with Crippen LogP contribution in [0, 0.1) is 5.41 Å². The molecule has 1 rings (SSSR count). The third-order valence-electron chi connectivity index (χ3n) is 3.10. The summed E-state index contributed by atoms with van der Waals surface area (Å²) in [5.41, 5.74) is 2.85. The fraction of sp³-hybridized carbons (Fsp3) is 1.00. The van der Waals surface area contributed by atoms with Crippen molar-refractivity contribution in [3.8, 4) is 0 Å². The normalized spacial score (nSPS) is 25.4. The highest BCUT2D eigenvalue weighted by Gasteiger charge is 2.59. The van der Waals surface area contributed by atoms with Crippen LogP contribution in [0.3, 0.4) is 0 Å². The van der Waals surface area contributed by atoms with Crippen molar-refractivity contribution in [2.75, 3.05) is 13.3 Å². The van der Waals surface area contributed by atoms with Gasteiger partial charge < -0.3 is 10.8 Å². The number of hydrogen-bond donors (Lipinski definition) is 2. The first-order chi connectivity index (χ1) is 5.79. The molecule has 0 radical (unpaired) electrons. The topological polar surface area (TPSA) is 46.2 Å². The van der Waals surface area contributed by atoms with Crippen LogP contribution < -0.4 is 5.73 Å². The number of aliphatic hydroxyl groups is 1. The minimum absolute atomic E-state index is 0.122. The smallest absolute Gasteiger partial charge is 0.0977 e. The minimum Gasteiger partial charge on any atom is -0.388 e. The Morgan fingerprint density at radius 3 is 1.92 bits per heavy atom. The number of halogens is 2. The molecule has 2 nitrogen and oxygen atoms in total. The van der Waals surface area contributed by atoms with E-state index in [-0.39, 0.29) is 12.8 Å². The lowest BCUT2D eigenvalue weighted by atomic mass is 9.54. The molecule has 0 amide bonds. The summed E-state index contributed by atoms with van der Waals surface area (Å²) >= 11 is 0. The summed E-state index contributed by atoms with van der Waals surface area (Å²) < 4.78 is 24.9. The molecule has 0 aliphatic heterocycles. The number of rotatable bonds is 3. The lowest BCUT2D eigenvalue weighted by Gasteiger charge is -2.56. The Morgan fingerprint density at radius 1 is 1.31 bits per heavy atom. The van der Waals surface area contributed by atoms with Gasteiger partial charge in [-0.15, -0.1) is 0 Å². The van der Waals surface area contributed by atoms with Gasteiger partial charge in [0.1, 0.15) is 0 Å². The first-order valence-corrected chi connectivity index (χ1v) is 4.42. The van der Waals surface area contributed by atoms with Crippen LogP contribution in [0.4, 0.5) is 8.78 Å². The molecule has 1 aliphatic carbocycles. The maximum atomic E-state index is 12.4. The van der Waals surface area contributed by atoms with Gasteiger partial charge in [0.15, 0.2) is 0 Å². The first-order valence-electron chi connectivity index (χ1n) is 4.42. The van der Waals surface area contributed by atoms with Gasteiger partial charge in [0.2, 0.25) is 0 Å². The van der Waals surface area contributed by atoms with Crippen molar-refractivity contribution < 1.29 is 13.9 Å². The van der Waals surface area contributed by atoms with Crippen LogP contribution in [0.25, 0.3) is 0 Å². The number of nitrogens with two attached hydrogens (primary N) is 1. The molecule has 1 saturated carbocycles. The maximum Gasteiger partial charge on any atom is 0.0977 e. The Bertz CT molecular complexity index is 188. The van der Waals surface area contributed by atoms with Crippen molar-refractivity contribution >= 4 is 0 Å². The molecule has 0 spiro atoms. The van der Waals surface area contributed by atoms with Crippen molar-refractivity contribution in [2.45, 2.75) is 37.8 Å². The largest absolute Gasteiger partial charge is 0.388 e. The van der Waals surface area contributed by atoms with Crippen molar-refractivity contribution in [3.05, 3.63) is 0 Å². The van der Waals surface area contributed by atoms with E-state index < -0.39 is 29.9 Å². The quantitative estimate of drug-likeness (QED) is 0.706. The summed E-state index contributed by atoms with van der Waals surface area (Å²) in [6, 6.07) is 0. The van der Waals surface area contributed by atoms with Gasteiger partial charge in [0, 0.05) is 11.0 Å². The Morgan fingerprint density at radius 2 is 1.69 bits per heavy atom. The van der Waals surface area contributed by atoms with Gasteiger partial charge in [-0.25, -0.2) is 0 Å². The van der Waals surface area contributed by atoms with Gasteiger partial charge in [-0.2, -0.15) is 0 Å². The SMILES string of the molecule is CC(C)(N)C1(O)CC(CF)(CF)C1. The molecule has 0 heterocycles. The van der Waals surface area contributed by atoms with Crippen molar-refractivity contribution in [2.24, 2.45) is 11.1 Å². The molecule has 3 N–H and O–H groups in total. The standard InChI is InChI=1S/C9H17F2NO/c1-7(2,12)9(13)3-8(4-9,5-10)6-11/h13H,3-6,12H2,1-2H3. The summed E-state index contributed by atoms with van der Waals surface area (Å²) in [7, 11) is 0. The Kier molecular flexibility index (Phi) is 2.41. The fourth-order valence-corrected chi connectivity index (χ4v) is 1.87. The minimum atomic E-state index is -1.11. The molecule has 0 bridgehead atoms. The second kappa shape index (κ2) is 2.89. The zero-order valence-corrected chi connectivity index (χ0v) is 8.11. The highest BCUT2D eigenvalue weighted by atomic mass is 19.1. The molecule has 0 unspecified atom stereocenters. The molecule has 0 aromatic heterocycles. The summed E-state index contributed by atoms with van der Waals surface area (Å²) in [6.07, 6.45) is 0.243. The molecule has 0 aromatic rings. The molecule has 0 saturated heterocycles. The zero-order valence-electron chi connectivity index (χ0n) is 8.11. The summed E-state index contributed by atoms with van der Waals surface area (Å²) in [6.45, 7) is 1.91. The van der Waals surface area contributed by atoms with E-state index in [9.17, 15) is 13.9 Å². The monoisotopic (exact) mass is 193 g/mol. The predicted molar refractivity (Wildman–Crippen MR) is 46.8 cm³/mol. The molecule has 0 atom stereocenters. The van der Waals surface area contributed by atoms with Crippen LogP contribution in [-0.4, -0.2) is 29.6 Å². The molecule has 78 valence electrons. The van der Waals surface area contributed by atoms with Crippen LogP contribution in [0.5, 0.6) is 0 Å².